The van der Waals surface area contributed by atoms with Gasteiger partial charge in [0.05, 0.1) is 6.61 Å². The zero-order valence-electron chi connectivity index (χ0n) is 14.2. The number of amides is 1. The molecule has 0 aromatic rings. The number of hydrogen-bond acceptors (Lipinski definition) is 5. The van der Waals surface area contributed by atoms with Crippen LogP contribution in [0.15, 0.2) is 0 Å². The van der Waals surface area contributed by atoms with Gasteiger partial charge in [0.25, 0.3) is 0 Å². The van der Waals surface area contributed by atoms with E-state index in [1.807, 2.05) is 13.8 Å². The summed E-state index contributed by atoms with van der Waals surface area (Å²) < 4.78 is 6.31. The fourth-order valence-electron chi connectivity index (χ4n) is 5.49. The maximum absolute atomic E-state index is 12.9. The van der Waals surface area contributed by atoms with E-state index in [9.17, 15) is 9.90 Å². The molecule has 1 spiro atoms. The molecule has 2 bridgehead atoms. The average molecular weight is 325 g/mol. The molecular weight excluding hydrogens is 298 g/mol. The molecule has 4 heterocycles. The summed E-state index contributed by atoms with van der Waals surface area (Å²) in [6.07, 6.45) is 3.36. The van der Waals surface area contributed by atoms with Crippen LogP contribution in [0, 0.1) is 23.7 Å². The molecule has 6 heteroatoms. The molecule has 0 aromatic heterocycles. The number of nitrogens with zero attached hydrogens (tertiary/aromatic N) is 1. The van der Waals surface area contributed by atoms with Crippen LogP contribution in [0.25, 0.3) is 0 Å². The Hall–Kier alpha value is -0.690. The lowest BCUT2D eigenvalue weighted by atomic mass is 9.57. The molecule has 0 radical (unpaired) electrons. The summed E-state index contributed by atoms with van der Waals surface area (Å²) in [6, 6.07) is 0. The second-order valence-electron chi connectivity index (χ2n) is 7.97. The summed E-state index contributed by atoms with van der Waals surface area (Å²) in [6.45, 7) is 6.35. The maximum Gasteiger partial charge on any atom is 0.227 e. The van der Waals surface area contributed by atoms with Crippen LogP contribution in [0.1, 0.15) is 46.5 Å². The van der Waals surface area contributed by atoms with Crippen molar-refractivity contribution < 1.29 is 24.4 Å². The van der Waals surface area contributed by atoms with E-state index in [-0.39, 0.29) is 30.9 Å². The summed E-state index contributed by atoms with van der Waals surface area (Å²) in [5, 5.41) is 9.45. The van der Waals surface area contributed by atoms with E-state index < -0.39 is 17.6 Å². The van der Waals surface area contributed by atoms with Crippen molar-refractivity contribution in [2.75, 3.05) is 13.2 Å². The number of aliphatic hydroxyl groups is 1. The molecule has 5 rings (SSSR count). The average Bonchev–Trinajstić information content (AvgIpc) is 2.76. The first-order valence-corrected chi connectivity index (χ1v) is 8.89. The molecule has 130 valence electrons. The second kappa shape index (κ2) is 5.15. The van der Waals surface area contributed by atoms with E-state index in [0.717, 1.165) is 25.7 Å². The van der Waals surface area contributed by atoms with Crippen LogP contribution in [0.4, 0.5) is 0 Å². The highest BCUT2D eigenvalue weighted by Gasteiger charge is 2.70. The van der Waals surface area contributed by atoms with Gasteiger partial charge in [-0.15, -0.1) is 0 Å². The Balaban J connectivity index is 1.85. The molecule has 1 N–H and O–H groups in total. The minimum Gasteiger partial charge on any atom is -0.395 e. The molecule has 1 amide bonds. The maximum atomic E-state index is 12.9. The SMILES string of the molecule is C[C@@H]1CC[C@H]2[C@@H](C)C(=O)N(CCO)[C@@H]3O[C@@]4(C)CC[C@@H]1[C@@]23OO4. The quantitative estimate of drug-likeness (QED) is 0.782. The Bertz CT molecular complexity index is 513. The van der Waals surface area contributed by atoms with E-state index in [1.165, 1.54) is 0 Å². The molecule has 5 aliphatic rings. The van der Waals surface area contributed by atoms with Crippen molar-refractivity contribution in [1.82, 2.24) is 4.90 Å². The Morgan fingerprint density at radius 3 is 2.74 bits per heavy atom. The summed E-state index contributed by atoms with van der Waals surface area (Å²) in [4.78, 5) is 26.4. The van der Waals surface area contributed by atoms with Crippen LogP contribution in [0.2, 0.25) is 0 Å². The summed E-state index contributed by atoms with van der Waals surface area (Å²) in [7, 11) is 0. The van der Waals surface area contributed by atoms with E-state index >= 15 is 0 Å². The smallest absolute Gasteiger partial charge is 0.227 e. The topological polar surface area (TPSA) is 68.2 Å². The first-order chi connectivity index (χ1) is 10.9. The summed E-state index contributed by atoms with van der Waals surface area (Å²) in [5.74, 6) is 0.0469. The number of carbonyl (C=O) groups is 1. The van der Waals surface area contributed by atoms with Gasteiger partial charge < -0.3 is 14.7 Å². The highest BCUT2D eigenvalue weighted by molar-refractivity contribution is 5.80. The second-order valence-corrected chi connectivity index (χ2v) is 7.97. The minimum absolute atomic E-state index is 0.0627. The van der Waals surface area contributed by atoms with Gasteiger partial charge >= 0.3 is 0 Å². The lowest BCUT2D eigenvalue weighted by Gasteiger charge is -2.61. The van der Waals surface area contributed by atoms with Crippen molar-refractivity contribution in [3.8, 4) is 0 Å². The molecule has 0 aromatic carbocycles. The number of fused-ring (bicyclic) bond motifs is 2. The fourth-order valence-corrected chi connectivity index (χ4v) is 5.49. The number of β-amino-alcohol motifs (C(OH)–C–C–N with tert-alkyl or cyclic N) is 1. The van der Waals surface area contributed by atoms with Gasteiger partial charge in [0.1, 0.15) is 0 Å². The number of ether oxygens (including phenoxy) is 1. The third kappa shape index (κ3) is 1.98. The number of rotatable bonds is 2. The van der Waals surface area contributed by atoms with Crippen molar-refractivity contribution in [3.63, 3.8) is 0 Å². The molecule has 7 atom stereocenters. The standard InChI is InChI=1S/C17H27NO5/c1-10-4-5-13-11(2)14(20)18(8-9-19)15-17(13)12(10)6-7-16(3,21-15)22-23-17/h10-13,15,19H,4-9H2,1-3H3/t10-,11-,12+,13+,15-,16-,17-/m1/s1. The minimum atomic E-state index is -0.813. The van der Waals surface area contributed by atoms with Gasteiger partial charge in [0.15, 0.2) is 11.8 Å². The van der Waals surface area contributed by atoms with Crippen LogP contribution in [-0.2, 0) is 19.3 Å². The van der Waals surface area contributed by atoms with Gasteiger partial charge in [-0.05, 0) is 38.0 Å². The predicted molar refractivity (Wildman–Crippen MR) is 80.8 cm³/mol. The molecule has 23 heavy (non-hydrogen) atoms. The van der Waals surface area contributed by atoms with E-state index in [2.05, 4.69) is 6.92 Å². The van der Waals surface area contributed by atoms with Crippen molar-refractivity contribution in [2.24, 2.45) is 23.7 Å². The van der Waals surface area contributed by atoms with Crippen LogP contribution < -0.4 is 0 Å². The van der Waals surface area contributed by atoms with Crippen LogP contribution in [0.3, 0.4) is 0 Å². The van der Waals surface area contributed by atoms with Gasteiger partial charge in [-0.1, -0.05) is 13.8 Å². The first-order valence-electron chi connectivity index (χ1n) is 8.89. The lowest BCUT2D eigenvalue weighted by Crippen LogP contribution is -2.75. The largest absolute Gasteiger partial charge is 0.395 e. The van der Waals surface area contributed by atoms with E-state index in [0.29, 0.717) is 11.8 Å². The molecule has 6 nitrogen and oxygen atoms in total. The number of piperidine rings is 1. The Labute approximate surface area is 137 Å². The van der Waals surface area contributed by atoms with Crippen molar-refractivity contribution >= 4 is 5.91 Å². The number of likely N-dealkylation sites (tertiary alicyclic amines) is 1. The summed E-state index contributed by atoms with van der Waals surface area (Å²) in [5.41, 5.74) is -0.601. The van der Waals surface area contributed by atoms with Crippen LogP contribution in [0.5, 0.6) is 0 Å². The molecule has 5 fully saturated rings. The van der Waals surface area contributed by atoms with Crippen molar-refractivity contribution in [2.45, 2.75) is 64.1 Å². The van der Waals surface area contributed by atoms with Gasteiger partial charge in [0, 0.05) is 24.8 Å². The van der Waals surface area contributed by atoms with Crippen LogP contribution >= 0.6 is 0 Å². The van der Waals surface area contributed by atoms with Crippen molar-refractivity contribution in [3.05, 3.63) is 0 Å². The third-order valence-electron chi connectivity index (χ3n) is 6.70. The normalized spacial score (nSPS) is 52.3. The highest BCUT2D eigenvalue weighted by atomic mass is 17.3. The van der Waals surface area contributed by atoms with Gasteiger partial charge in [0.2, 0.25) is 11.7 Å². The molecule has 0 unspecified atom stereocenters. The van der Waals surface area contributed by atoms with E-state index in [1.54, 1.807) is 4.90 Å². The Morgan fingerprint density at radius 1 is 1.22 bits per heavy atom. The van der Waals surface area contributed by atoms with Gasteiger partial charge in [-0.25, -0.2) is 9.78 Å². The molecule has 4 aliphatic heterocycles. The van der Waals surface area contributed by atoms with Crippen LogP contribution in [-0.4, -0.2) is 46.7 Å². The zero-order chi connectivity index (χ0) is 16.4. The lowest BCUT2D eigenvalue weighted by molar-refractivity contribution is -0.547. The number of carbonyl (C=O) groups excluding carboxylic acids is 1. The third-order valence-corrected chi connectivity index (χ3v) is 6.70. The Morgan fingerprint density at radius 2 is 2.00 bits per heavy atom. The first kappa shape index (κ1) is 15.8. The molecular formula is C17H27NO5. The number of aliphatic hydroxyl groups excluding tert-OH is 1. The molecule has 4 saturated heterocycles. The summed E-state index contributed by atoms with van der Waals surface area (Å²) >= 11 is 0. The molecule has 1 saturated carbocycles. The Kier molecular flexibility index (Phi) is 3.54. The van der Waals surface area contributed by atoms with Gasteiger partial charge in [-0.2, -0.15) is 0 Å². The fraction of sp³-hybridized carbons (Fsp3) is 0.941. The van der Waals surface area contributed by atoms with E-state index in [4.69, 9.17) is 14.5 Å². The number of hydrogen-bond donors (Lipinski definition) is 1. The zero-order valence-corrected chi connectivity index (χ0v) is 14.2. The highest BCUT2D eigenvalue weighted by Crippen LogP contribution is 2.60. The van der Waals surface area contributed by atoms with Gasteiger partial charge in [-0.3, -0.25) is 4.79 Å². The predicted octanol–water partition coefficient (Wildman–Crippen LogP) is 1.67. The molecule has 1 aliphatic carbocycles. The van der Waals surface area contributed by atoms with Crippen molar-refractivity contribution in [1.29, 1.82) is 0 Å². The monoisotopic (exact) mass is 325 g/mol.